The second kappa shape index (κ2) is 8.48. The van der Waals surface area contributed by atoms with Gasteiger partial charge in [0.05, 0.1) is 10.8 Å². The first-order valence-corrected chi connectivity index (χ1v) is 12.3. The number of para-hydroxylation sites is 1. The predicted octanol–water partition coefficient (Wildman–Crippen LogP) is 3.43. The number of carbonyl (C=O) groups is 1. The summed E-state index contributed by atoms with van der Waals surface area (Å²) in [5.41, 5.74) is 1.52. The number of nitrogens with zero attached hydrogens (tertiary/aromatic N) is 4. The van der Waals surface area contributed by atoms with Crippen molar-refractivity contribution in [2.24, 2.45) is 0 Å². The summed E-state index contributed by atoms with van der Waals surface area (Å²) in [7, 11) is -3.48. The van der Waals surface area contributed by atoms with Crippen molar-refractivity contribution >= 4 is 21.6 Å². The number of piperidine rings is 1. The maximum absolute atomic E-state index is 12.8. The zero-order chi connectivity index (χ0) is 22.1. The molecule has 0 bridgehead atoms. The molecule has 166 valence electrons. The highest BCUT2D eigenvalue weighted by Gasteiger charge is 2.35. The lowest BCUT2D eigenvalue weighted by atomic mass is 10.1. The standard InChI is InChI=1S/C23H24N4O4S/c28-21-15-18(16-27(21)19-7-3-1-4-8-19)23-24-22(25-31-23)17-9-11-20(12-10-17)32(29,30)26-13-5-2-6-14-26/h1,3-4,7-12,18H,2,5-6,13-16H2. The molecule has 0 aliphatic carbocycles. The Morgan fingerprint density at radius 3 is 2.38 bits per heavy atom. The van der Waals surface area contributed by atoms with Crippen molar-refractivity contribution in [2.45, 2.75) is 36.5 Å². The summed E-state index contributed by atoms with van der Waals surface area (Å²) in [6, 6.07) is 16.1. The zero-order valence-electron chi connectivity index (χ0n) is 17.6. The van der Waals surface area contributed by atoms with Crippen molar-refractivity contribution in [1.29, 1.82) is 0 Å². The largest absolute Gasteiger partial charge is 0.339 e. The second-order valence-electron chi connectivity index (χ2n) is 8.19. The molecule has 1 atom stereocenters. The maximum atomic E-state index is 12.8. The van der Waals surface area contributed by atoms with Crippen LogP contribution in [-0.4, -0.2) is 48.4 Å². The third-order valence-electron chi connectivity index (χ3n) is 6.05. The monoisotopic (exact) mass is 452 g/mol. The van der Waals surface area contributed by atoms with E-state index in [9.17, 15) is 13.2 Å². The van der Waals surface area contributed by atoms with Crippen LogP contribution in [0.3, 0.4) is 0 Å². The lowest BCUT2D eigenvalue weighted by molar-refractivity contribution is -0.117. The van der Waals surface area contributed by atoms with Gasteiger partial charge in [-0.3, -0.25) is 4.79 Å². The van der Waals surface area contributed by atoms with Crippen molar-refractivity contribution in [3.05, 3.63) is 60.5 Å². The first kappa shape index (κ1) is 20.8. The molecule has 2 aliphatic heterocycles. The molecule has 5 rings (SSSR count). The van der Waals surface area contributed by atoms with E-state index in [-0.39, 0.29) is 16.7 Å². The minimum atomic E-state index is -3.48. The van der Waals surface area contributed by atoms with E-state index in [0.717, 1.165) is 24.9 Å². The minimum Gasteiger partial charge on any atom is -0.339 e. The van der Waals surface area contributed by atoms with Crippen LogP contribution in [0.25, 0.3) is 11.4 Å². The van der Waals surface area contributed by atoms with Crippen LogP contribution in [0, 0.1) is 0 Å². The van der Waals surface area contributed by atoms with E-state index in [1.54, 1.807) is 33.5 Å². The molecular weight excluding hydrogens is 428 g/mol. The van der Waals surface area contributed by atoms with E-state index in [0.29, 0.717) is 43.3 Å². The second-order valence-corrected chi connectivity index (χ2v) is 10.1. The van der Waals surface area contributed by atoms with Crippen molar-refractivity contribution in [3.8, 4) is 11.4 Å². The average Bonchev–Trinajstić information content (AvgIpc) is 3.47. The van der Waals surface area contributed by atoms with Crippen LogP contribution in [0.4, 0.5) is 5.69 Å². The molecule has 32 heavy (non-hydrogen) atoms. The maximum Gasteiger partial charge on any atom is 0.243 e. The van der Waals surface area contributed by atoms with Gasteiger partial charge in [-0.25, -0.2) is 8.42 Å². The number of anilines is 1. The van der Waals surface area contributed by atoms with E-state index in [1.807, 2.05) is 30.3 Å². The summed E-state index contributed by atoms with van der Waals surface area (Å²) in [6.07, 6.45) is 3.17. The van der Waals surface area contributed by atoms with E-state index in [1.165, 1.54) is 0 Å². The molecule has 0 radical (unpaired) electrons. The Balaban J connectivity index is 1.31. The van der Waals surface area contributed by atoms with Gasteiger partial charge in [0.15, 0.2) is 0 Å². The van der Waals surface area contributed by atoms with Gasteiger partial charge in [-0.2, -0.15) is 9.29 Å². The van der Waals surface area contributed by atoms with E-state index < -0.39 is 10.0 Å². The summed E-state index contributed by atoms with van der Waals surface area (Å²) >= 11 is 0. The van der Waals surface area contributed by atoms with Gasteiger partial charge in [-0.05, 0) is 49.2 Å². The highest BCUT2D eigenvalue weighted by Crippen LogP contribution is 2.32. The Bertz CT molecular complexity index is 1200. The summed E-state index contributed by atoms with van der Waals surface area (Å²) in [6.45, 7) is 1.62. The first-order chi connectivity index (χ1) is 15.5. The summed E-state index contributed by atoms with van der Waals surface area (Å²) in [5.74, 6) is 0.639. The van der Waals surface area contributed by atoms with Crippen LogP contribution in [0.1, 0.15) is 37.5 Å². The molecular formula is C23H24N4O4S. The highest BCUT2D eigenvalue weighted by molar-refractivity contribution is 7.89. The number of aromatic nitrogens is 2. The first-order valence-electron chi connectivity index (χ1n) is 10.8. The molecule has 0 spiro atoms. The Morgan fingerprint density at radius 2 is 1.66 bits per heavy atom. The number of hydrogen-bond acceptors (Lipinski definition) is 6. The molecule has 2 saturated heterocycles. The van der Waals surface area contributed by atoms with E-state index >= 15 is 0 Å². The SMILES string of the molecule is O=C1CC(c2nc(-c3ccc(S(=O)(=O)N4CCCCC4)cc3)no2)CN1c1ccccc1. The van der Waals surface area contributed by atoms with Crippen molar-refractivity contribution in [1.82, 2.24) is 14.4 Å². The van der Waals surface area contributed by atoms with Crippen LogP contribution in [0.15, 0.2) is 64.0 Å². The zero-order valence-corrected chi connectivity index (χ0v) is 18.4. The molecule has 1 aromatic heterocycles. The third-order valence-corrected chi connectivity index (χ3v) is 7.96. The predicted molar refractivity (Wildman–Crippen MR) is 118 cm³/mol. The summed E-state index contributed by atoms with van der Waals surface area (Å²) < 4.78 is 32.7. The normalized spacial score (nSPS) is 20.1. The van der Waals surface area contributed by atoms with Crippen LogP contribution >= 0.6 is 0 Å². The van der Waals surface area contributed by atoms with Gasteiger partial charge in [0.1, 0.15) is 0 Å². The van der Waals surface area contributed by atoms with Crippen molar-refractivity contribution in [3.63, 3.8) is 0 Å². The van der Waals surface area contributed by atoms with Gasteiger partial charge in [0, 0.05) is 37.3 Å². The molecule has 8 nitrogen and oxygen atoms in total. The Morgan fingerprint density at radius 1 is 0.938 bits per heavy atom. The Hall–Kier alpha value is -3.04. The number of sulfonamides is 1. The summed E-state index contributed by atoms with van der Waals surface area (Å²) in [4.78, 5) is 19.0. The minimum absolute atomic E-state index is 0.0215. The number of benzene rings is 2. The van der Waals surface area contributed by atoms with Crippen LogP contribution < -0.4 is 4.90 Å². The van der Waals surface area contributed by atoms with Gasteiger partial charge < -0.3 is 9.42 Å². The molecule has 9 heteroatoms. The smallest absolute Gasteiger partial charge is 0.243 e. The van der Waals surface area contributed by atoms with E-state index in [2.05, 4.69) is 10.1 Å². The number of rotatable bonds is 5. The van der Waals surface area contributed by atoms with Gasteiger partial charge in [-0.1, -0.05) is 29.8 Å². The fourth-order valence-corrected chi connectivity index (χ4v) is 5.80. The Kier molecular flexibility index (Phi) is 5.52. The average molecular weight is 453 g/mol. The topological polar surface area (TPSA) is 96.6 Å². The van der Waals surface area contributed by atoms with Crippen LogP contribution in [0.5, 0.6) is 0 Å². The molecule has 3 heterocycles. The van der Waals surface area contributed by atoms with Gasteiger partial charge in [-0.15, -0.1) is 0 Å². The number of amides is 1. The Labute approximate surface area is 186 Å². The molecule has 0 saturated carbocycles. The lowest BCUT2D eigenvalue weighted by Gasteiger charge is -2.25. The lowest BCUT2D eigenvalue weighted by Crippen LogP contribution is -2.35. The van der Waals surface area contributed by atoms with Gasteiger partial charge in [0.25, 0.3) is 0 Å². The molecule has 1 unspecified atom stereocenters. The van der Waals surface area contributed by atoms with Gasteiger partial charge in [0.2, 0.25) is 27.6 Å². The third kappa shape index (κ3) is 3.93. The summed E-state index contributed by atoms with van der Waals surface area (Å²) in [5, 5.41) is 4.06. The number of carbonyl (C=O) groups excluding carboxylic acids is 1. The van der Waals surface area contributed by atoms with Gasteiger partial charge >= 0.3 is 0 Å². The molecule has 2 aliphatic rings. The molecule has 3 aromatic rings. The number of hydrogen-bond donors (Lipinski definition) is 0. The quantitative estimate of drug-likeness (QED) is 0.588. The van der Waals surface area contributed by atoms with Crippen LogP contribution in [0.2, 0.25) is 0 Å². The van der Waals surface area contributed by atoms with Crippen molar-refractivity contribution in [2.75, 3.05) is 24.5 Å². The fourth-order valence-electron chi connectivity index (χ4n) is 4.28. The van der Waals surface area contributed by atoms with Crippen molar-refractivity contribution < 1.29 is 17.7 Å². The van der Waals surface area contributed by atoms with E-state index in [4.69, 9.17) is 4.52 Å². The highest BCUT2D eigenvalue weighted by atomic mass is 32.2. The molecule has 1 amide bonds. The molecule has 2 aromatic carbocycles. The fraction of sp³-hybridized carbons (Fsp3) is 0.348. The molecule has 0 N–H and O–H groups in total. The molecule has 2 fully saturated rings. The van der Waals surface area contributed by atoms with Crippen LogP contribution in [-0.2, 0) is 14.8 Å².